The summed E-state index contributed by atoms with van der Waals surface area (Å²) in [5.74, 6) is 2.20. The smallest absolute Gasteiger partial charge is 0.233 e. The minimum atomic E-state index is -0.307. The van der Waals surface area contributed by atoms with Crippen molar-refractivity contribution < 1.29 is 13.9 Å². The lowest BCUT2D eigenvalue weighted by Crippen LogP contribution is -2.30. The quantitative estimate of drug-likeness (QED) is 0.598. The van der Waals surface area contributed by atoms with Gasteiger partial charge in [-0.1, -0.05) is 11.8 Å². The number of furan rings is 1. The van der Waals surface area contributed by atoms with Gasteiger partial charge in [0.25, 0.3) is 0 Å². The molecule has 0 unspecified atom stereocenters. The molecule has 3 aromatic rings. The number of nitrogens with one attached hydrogen (secondary N) is 1. The number of aromatic nitrogens is 3. The number of hydrogen-bond donors (Lipinski definition) is 1. The van der Waals surface area contributed by atoms with Gasteiger partial charge in [-0.15, -0.1) is 10.2 Å². The number of methoxy groups -OCH3 is 1. The molecule has 0 bridgehead atoms. The largest absolute Gasteiger partial charge is 0.497 e. The standard InChI is InChI=1S/C19H22N4O3S/c1-4-23-17(14-7-9-15(25-3)10-8-14)21-22-19(23)27-13(2)18(24)20-12-16-6-5-11-26-16/h5-11,13H,4,12H2,1-3H3,(H,20,24)/t13-/m1/s1. The summed E-state index contributed by atoms with van der Waals surface area (Å²) in [6, 6.07) is 11.3. The number of ether oxygens (including phenoxy) is 1. The molecule has 3 rings (SSSR count). The maximum absolute atomic E-state index is 12.3. The summed E-state index contributed by atoms with van der Waals surface area (Å²) in [6.45, 7) is 4.96. The van der Waals surface area contributed by atoms with E-state index in [9.17, 15) is 4.79 Å². The molecule has 27 heavy (non-hydrogen) atoms. The van der Waals surface area contributed by atoms with Crippen LogP contribution in [0.15, 0.2) is 52.2 Å². The molecule has 0 saturated heterocycles. The van der Waals surface area contributed by atoms with Crippen LogP contribution in [0.2, 0.25) is 0 Å². The van der Waals surface area contributed by atoms with E-state index in [-0.39, 0.29) is 11.2 Å². The molecular formula is C19H22N4O3S. The second-order valence-corrected chi connectivity index (χ2v) is 7.14. The van der Waals surface area contributed by atoms with Gasteiger partial charge in [0.05, 0.1) is 25.2 Å². The van der Waals surface area contributed by atoms with Crippen LogP contribution in [0.1, 0.15) is 19.6 Å². The molecule has 1 N–H and O–H groups in total. The van der Waals surface area contributed by atoms with E-state index < -0.39 is 0 Å². The van der Waals surface area contributed by atoms with Gasteiger partial charge in [0.1, 0.15) is 11.5 Å². The summed E-state index contributed by atoms with van der Waals surface area (Å²) in [6.07, 6.45) is 1.59. The van der Waals surface area contributed by atoms with Crippen LogP contribution in [0.25, 0.3) is 11.4 Å². The molecule has 2 heterocycles. The average molecular weight is 386 g/mol. The maximum atomic E-state index is 12.3. The maximum Gasteiger partial charge on any atom is 0.233 e. The second-order valence-electron chi connectivity index (χ2n) is 5.84. The fourth-order valence-electron chi connectivity index (χ4n) is 2.56. The zero-order chi connectivity index (χ0) is 19.2. The van der Waals surface area contributed by atoms with Gasteiger partial charge in [0, 0.05) is 12.1 Å². The van der Waals surface area contributed by atoms with Gasteiger partial charge in [0.2, 0.25) is 5.91 Å². The molecular weight excluding hydrogens is 364 g/mol. The van der Waals surface area contributed by atoms with Crippen molar-refractivity contribution in [3.8, 4) is 17.1 Å². The van der Waals surface area contributed by atoms with Gasteiger partial charge < -0.3 is 19.0 Å². The molecule has 0 fully saturated rings. The highest BCUT2D eigenvalue weighted by molar-refractivity contribution is 8.00. The van der Waals surface area contributed by atoms with Crippen molar-refractivity contribution in [2.24, 2.45) is 0 Å². The third-order valence-corrected chi connectivity index (χ3v) is 5.13. The first-order valence-electron chi connectivity index (χ1n) is 8.66. The van der Waals surface area contributed by atoms with Crippen molar-refractivity contribution in [2.45, 2.75) is 37.3 Å². The van der Waals surface area contributed by atoms with E-state index in [0.717, 1.165) is 22.9 Å². The number of hydrogen-bond acceptors (Lipinski definition) is 6. The number of carbonyl (C=O) groups is 1. The van der Waals surface area contributed by atoms with Gasteiger partial charge in [-0.25, -0.2) is 0 Å². The van der Waals surface area contributed by atoms with Crippen molar-refractivity contribution in [3.05, 3.63) is 48.4 Å². The summed E-state index contributed by atoms with van der Waals surface area (Å²) < 4.78 is 12.4. The molecule has 0 aliphatic rings. The summed E-state index contributed by atoms with van der Waals surface area (Å²) in [4.78, 5) is 12.3. The number of benzene rings is 1. The Bertz CT molecular complexity index is 875. The average Bonchev–Trinajstić information content (AvgIpc) is 3.35. The molecule has 0 radical (unpaired) electrons. The Morgan fingerprint density at radius 2 is 2.07 bits per heavy atom. The summed E-state index contributed by atoms with van der Waals surface area (Å²) in [7, 11) is 1.64. The van der Waals surface area contributed by atoms with Crippen molar-refractivity contribution in [1.82, 2.24) is 20.1 Å². The molecule has 0 aliphatic carbocycles. The highest BCUT2D eigenvalue weighted by Crippen LogP contribution is 2.27. The lowest BCUT2D eigenvalue weighted by Gasteiger charge is -2.12. The van der Waals surface area contributed by atoms with E-state index >= 15 is 0 Å². The van der Waals surface area contributed by atoms with E-state index in [0.29, 0.717) is 18.2 Å². The molecule has 1 amide bonds. The van der Waals surface area contributed by atoms with Crippen LogP contribution in [0.5, 0.6) is 5.75 Å². The van der Waals surface area contributed by atoms with Crippen molar-refractivity contribution in [2.75, 3.05) is 7.11 Å². The number of thioether (sulfide) groups is 1. The SMILES string of the molecule is CCn1c(S[C@H](C)C(=O)NCc2ccco2)nnc1-c1ccc(OC)cc1. The lowest BCUT2D eigenvalue weighted by molar-refractivity contribution is -0.120. The summed E-state index contributed by atoms with van der Waals surface area (Å²) >= 11 is 1.39. The number of nitrogens with zero attached hydrogens (tertiary/aromatic N) is 3. The van der Waals surface area contributed by atoms with Crippen molar-refractivity contribution in [1.29, 1.82) is 0 Å². The second kappa shape index (κ2) is 8.77. The fourth-order valence-corrected chi connectivity index (χ4v) is 3.49. The molecule has 8 heteroatoms. The predicted octanol–water partition coefficient (Wildman–Crippen LogP) is 3.36. The minimum Gasteiger partial charge on any atom is -0.497 e. The van der Waals surface area contributed by atoms with Crippen molar-refractivity contribution >= 4 is 17.7 Å². The molecule has 0 spiro atoms. The summed E-state index contributed by atoms with van der Waals surface area (Å²) in [5.41, 5.74) is 0.951. The van der Waals surface area contributed by atoms with E-state index in [4.69, 9.17) is 9.15 Å². The zero-order valence-electron chi connectivity index (χ0n) is 15.5. The third kappa shape index (κ3) is 4.51. The Labute approximate surface area is 162 Å². The Balaban J connectivity index is 1.69. The van der Waals surface area contributed by atoms with Crippen molar-refractivity contribution in [3.63, 3.8) is 0 Å². The number of rotatable bonds is 8. The Hall–Kier alpha value is -2.74. The predicted molar refractivity (Wildman–Crippen MR) is 104 cm³/mol. The van der Waals surface area contributed by atoms with Crippen LogP contribution in [0, 0.1) is 0 Å². The van der Waals surface area contributed by atoms with Gasteiger partial charge >= 0.3 is 0 Å². The van der Waals surface area contributed by atoms with E-state index in [1.165, 1.54) is 11.8 Å². The zero-order valence-corrected chi connectivity index (χ0v) is 16.3. The van der Waals surface area contributed by atoms with Crippen LogP contribution in [0.4, 0.5) is 0 Å². The normalized spacial score (nSPS) is 12.0. The highest BCUT2D eigenvalue weighted by Gasteiger charge is 2.20. The van der Waals surface area contributed by atoms with Crippen LogP contribution < -0.4 is 10.1 Å². The van der Waals surface area contributed by atoms with E-state index in [1.54, 1.807) is 19.4 Å². The number of carbonyl (C=O) groups excluding carboxylic acids is 1. The fraction of sp³-hybridized carbons (Fsp3) is 0.316. The third-order valence-electron chi connectivity index (χ3n) is 4.05. The molecule has 0 saturated carbocycles. The van der Waals surface area contributed by atoms with Crippen LogP contribution in [0.3, 0.4) is 0 Å². The van der Waals surface area contributed by atoms with E-state index in [1.807, 2.05) is 48.7 Å². The first-order chi connectivity index (χ1) is 13.1. The first-order valence-corrected chi connectivity index (χ1v) is 9.54. The number of amides is 1. The molecule has 7 nitrogen and oxygen atoms in total. The lowest BCUT2D eigenvalue weighted by atomic mass is 10.2. The van der Waals surface area contributed by atoms with Crippen LogP contribution in [-0.2, 0) is 17.9 Å². The van der Waals surface area contributed by atoms with Gasteiger partial charge in [-0.2, -0.15) is 0 Å². The Morgan fingerprint density at radius 1 is 1.30 bits per heavy atom. The Kier molecular flexibility index (Phi) is 6.18. The van der Waals surface area contributed by atoms with Crippen LogP contribution >= 0.6 is 11.8 Å². The molecule has 1 aromatic carbocycles. The topological polar surface area (TPSA) is 82.2 Å². The highest BCUT2D eigenvalue weighted by atomic mass is 32.2. The molecule has 0 aliphatic heterocycles. The molecule has 142 valence electrons. The van der Waals surface area contributed by atoms with E-state index in [2.05, 4.69) is 15.5 Å². The monoisotopic (exact) mass is 386 g/mol. The van der Waals surface area contributed by atoms with Crippen LogP contribution in [-0.4, -0.2) is 33.0 Å². The van der Waals surface area contributed by atoms with Gasteiger partial charge in [-0.05, 0) is 50.2 Å². The minimum absolute atomic E-state index is 0.0759. The Morgan fingerprint density at radius 3 is 2.70 bits per heavy atom. The summed E-state index contributed by atoms with van der Waals surface area (Å²) in [5, 5.41) is 11.9. The molecule has 2 aromatic heterocycles. The van der Waals surface area contributed by atoms with Gasteiger partial charge in [0.15, 0.2) is 11.0 Å². The van der Waals surface area contributed by atoms with Gasteiger partial charge in [-0.3, -0.25) is 4.79 Å². The first kappa shape index (κ1) is 19.0. The molecule has 1 atom stereocenters.